The van der Waals surface area contributed by atoms with Crippen molar-refractivity contribution in [3.8, 4) is 0 Å². The van der Waals surface area contributed by atoms with E-state index in [-0.39, 0.29) is 5.91 Å². The molecule has 1 aromatic rings. The molecule has 17 heavy (non-hydrogen) atoms. The van der Waals surface area contributed by atoms with Gasteiger partial charge in [-0.15, -0.1) is 0 Å². The fraction of sp³-hybridized carbons (Fsp3) is 0.462. The Bertz CT molecular complexity index is 391. The highest BCUT2D eigenvalue weighted by Gasteiger charge is 2.04. The largest absolute Gasteiger partial charge is 0.351 e. The lowest BCUT2D eigenvalue weighted by Crippen LogP contribution is -2.36. The maximum atomic E-state index is 11.5. The van der Waals surface area contributed by atoms with Gasteiger partial charge in [0.2, 0.25) is 5.91 Å². The van der Waals surface area contributed by atoms with Crippen LogP contribution in [0.1, 0.15) is 25.0 Å². The molecular weight excluding hydrogens is 280 g/mol. The van der Waals surface area contributed by atoms with Crippen molar-refractivity contribution < 1.29 is 4.79 Å². The molecule has 0 fully saturated rings. The first kappa shape index (κ1) is 14.2. The topological polar surface area (TPSA) is 41.1 Å². The van der Waals surface area contributed by atoms with E-state index in [0.717, 1.165) is 10.0 Å². The van der Waals surface area contributed by atoms with Crippen LogP contribution in [0.25, 0.3) is 0 Å². The number of amides is 1. The van der Waals surface area contributed by atoms with Crippen LogP contribution in [0.2, 0.25) is 0 Å². The molecule has 0 saturated carbocycles. The van der Waals surface area contributed by atoms with Gasteiger partial charge in [0.25, 0.3) is 0 Å². The lowest BCUT2D eigenvalue weighted by molar-refractivity contribution is -0.120. The van der Waals surface area contributed by atoms with Crippen LogP contribution in [0.5, 0.6) is 0 Å². The van der Waals surface area contributed by atoms with Crippen molar-refractivity contribution in [1.82, 2.24) is 10.6 Å². The third kappa shape index (κ3) is 5.33. The third-order valence-electron chi connectivity index (χ3n) is 2.46. The van der Waals surface area contributed by atoms with E-state index in [1.54, 1.807) is 0 Å². The molecule has 1 amide bonds. The number of halogens is 1. The molecule has 0 aliphatic rings. The summed E-state index contributed by atoms with van der Waals surface area (Å²) in [6, 6.07) is 6.40. The number of rotatable bonds is 5. The Morgan fingerprint density at radius 2 is 2.12 bits per heavy atom. The van der Waals surface area contributed by atoms with Crippen molar-refractivity contribution in [1.29, 1.82) is 0 Å². The van der Waals surface area contributed by atoms with Crippen LogP contribution >= 0.6 is 15.9 Å². The van der Waals surface area contributed by atoms with E-state index < -0.39 is 0 Å². The van der Waals surface area contributed by atoms with Gasteiger partial charge in [-0.1, -0.05) is 35.8 Å². The first-order valence-electron chi connectivity index (χ1n) is 5.74. The summed E-state index contributed by atoms with van der Waals surface area (Å²) >= 11 is 3.43. The minimum Gasteiger partial charge on any atom is -0.351 e. The highest BCUT2D eigenvalue weighted by Crippen LogP contribution is 2.15. The highest BCUT2D eigenvalue weighted by atomic mass is 79.9. The number of benzene rings is 1. The molecule has 0 atom stereocenters. The van der Waals surface area contributed by atoms with Gasteiger partial charge in [-0.05, 0) is 30.2 Å². The molecule has 0 aromatic heterocycles. The highest BCUT2D eigenvalue weighted by molar-refractivity contribution is 9.10. The molecule has 0 aliphatic heterocycles. The van der Waals surface area contributed by atoms with Crippen LogP contribution in [0.3, 0.4) is 0 Å². The van der Waals surface area contributed by atoms with Crippen molar-refractivity contribution in [2.24, 2.45) is 0 Å². The minimum atomic E-state index is 0.0260. The first-order chi connectivity index (χ1) is 7.99. The molecule has 1 rings (SSSR count). The summed E-state index contributed by atoms with van der Waals surface area (Å²) in [6.07, 6.45) is 0. The Kier molecular flexibility index (Phi) is 5.65. The zero-order valence-corrected chi connectivity index (χ0v) is 12.1. The second kappa shape index (κ2) is 6.77. The average molecular weight is 299 g/mol. The zero-order valence-electron chi connectivity index (χ0n) is 10.5. The van der Waals surface area contributed by atoms with Gasteiger partial charge in [0.1, 0.15) is 0 Å². The third-order valence-corrected chi connectivity index (χ3v) is 2.95. The summed E-state index contributed by atoms with van der Waals surface area (Å²) in [5, 5.41) is 5.99. The van der Waals surface area contributed by atoms with Crippen LogP contribution in [0.4, 0.5) is 0 Å². The van der Waals surface area contributed by atoms with Crippen molar-refractivity contribution in [3.63, 3.8) is 0 Å². The Hall–Kier alpha value is -0.870. The smallest absolute Gasteiger partial charge is 0.234 e. The maximum Gasteiger partial charge on any atom is 0.234 e. The van der Waals surface area contributed by atoms with Crippen LogP contribution in [-0.4, -0.2) is 18.5 Å². The first-order valence-corrected chi connectivity index (χ1v) is 6.53. The van der Waals surface area contributed by atoms with Gasteiger partial charge in [0.15, 0.2) is 0 Å². The molecule has 0 spiro atoms. The predicted octanol–water partition coefficient (Wildman–Crippen LogP) is 2.37. The summed E-state index contributed by atoms with van der Waals surface area (Å²) in [7, 11) is 0. The van der Waals surface area contributed by atoms with Gasteiger partial charge in [0.05, 0.1) is 6.54 Å². The molecule has 0 unspecified atom stereocenters. The monoisotopic (exact) mass is 298 g/mol. The molecule has 0 saturated heterocycles. The van der Waals surface area contributed by atoms with E-state index in [1.807, 2.05) is 39.0 Å². The van der Waals surface area contributed by atoms with Crippen LogP contribution in [0.15, 0.2) is 22.7 Å². The van der Waals surface area contributed by atoms with Gasteiger partial charge in [-0.2, -0.15) is 0 Å². The number of nitrogens with one attached hydrogen (secondary N) is 2. The molecule has 2 N–H and O–H groups in total. The maximum absolute atomic E-state index is 11.5. The Morgan fingerprint density at radius 1 is 1.41 bits per heavy atom. The van der Waals surface area contributed by atoms with Crippen LogP contribution in [-0.2, 0) is 11.3 Å². The van der Waals surface area contributed by atoms with Crippen molar-refractivity contribution in [3.05, 3.63) is 33.8 Å². The standard InChI is InChI=1S/C13H19BrN2O/c1-9(2)15-8-13(17)16-7-11-6-12(14)5-4-10(11)3/h4-6,9,15H,7-8H2,1-3H3,(H,16,17). The Labute approximate surface area is 111 Å². The van der Waals surface area contributed by atoms with Gasteiger partial charge in [0, 0.05) is 17.1 Å². The molecule has 4 heteroatoms. The van der Waals surface area contributed by atoms with E-state index in [9.17, 15) is 4.79 Å². The summed E-state index contributed by atoms with van der Waals surface area (Å²) in [4.78, 5) is 11.5. The molecule has 0 aliphatic carbocycles. The lowest BCUT2D eigenvalue weighted by atomic mass is 10.1. The van der Waals surface area contributed by atoms with Crippen molar-refractivity contribution >= 4 is 21.8 Å². The zero-order chi connectivity index (χ0) is 12.8. The summed E-state index contributed by atoms with van der Waals surface area (Å²) in [5.41, 5.74) is 2.32. The second-order valence-corrected chi connectivity index (χ2v) is 5.30. The van der Waals surface area contributed by atoms with Crippen molar-refractivity contribution in [2.75, 3.05) is 6.54 Å². The molecule has 94 valence electrons. The van der Waals surface area contributed by atoms with E-state index in [4.69, 9.17) is 0 Å². The fourth-order valence-corrected chi connectivity index (χ4v) is 1.79. The van der Waals surface area contributed by atoms with Gasteiger partial charge in [-0.25, -0.2) is 0 Å². The van der Waals surface area contributed by atoms with Gasteiger partial charge < -0.3 is 10.6 Å². The number of hydrogen-bond donors (Lipinski definition) is 2. The van der Waals surface area contributed by atoms with Gasteiger partial charge in [-0.3, -0.25) is 4.79 Å². The predicted molar refractivity (Wildman–Crippen MR) is 73.9 cm³/mol. The number of aryl methyl sites for hydroxylation is 1. The molecule has 0 radical (unpaired) electrons. The lowest BCUT2D eigenvalue weighted by Gasteiger charge is -2.10. The fourth-order valence-electron chi connectivity index (χ4n) is 1.38. The Morgan fingerprint density at radius 3 is 2.76 bits per heavy atom. The number of carbonyl (C=O) groups is 1. The van der Waals surface area contributed by atoms with E-state index in [1.165, 1.54) is 5.56 Å². The summed E-state index contributed by atoms with van der Waals surface area (Å²) in [6.45, 7) is 7.02. The molecular formula is C13H19BrN2O. The summed E-state index contributed by atoms with van der Waals surface area (Å²) < 4.78 is 1.03. The SMILES string of the molecule is Cc1ccc(Br)cc1CNC(=O)CNC(C)C. The van der Waals surface area contributed by atoms with Gasteiger partial charge >= 0.3 is 0 Å². The van der Waals surface area contributed by atoms with E-state index >= 15 is 0 Å². The van der Waals surface area contributed by atoms with Crippen LogP contribution in [0, 0.1) is 6.92 Å². The van der Waals surface area contributed by atoms with E-state index in [0.29, 0.717) is 19.1 Å². The molecule has 3 nitrogen and oxygen atoms in total. The molecule has 0 bridgehead atoms. The average Bonchev–Trinajstić information content (AvgIpc) is 2.27. The summed E-state index contributed by atoms with van der Waals surface area (Å²) in [5.74, 6) is 0.0260. The number of hydrogen-bond acceptors (Lipinski definition) is 2. The Balaban J connectivity index is 2.44. The van der Waals surface area contributed by atoms with Crippen LogP contribution < -0.4 is 10.6 Å². The van der Waals surface area contributed by atoms with Crippen molar-refractivity contribution in [2.45, 2.75) is 33.4 Å². The molecule has 1 aromatic carbocycles. The quantitative estimate of drug-likeness (QED) is 0.876. The molecule has 0 heterocycles. The second-order valence-electron chi connectivity index (χ2n) is 4.38. The minimum absolute atomic E-state index is 0.0260. The normalized spacial score (nSPS) is 10.6. The number of carbonyl (C=O) groups excluding carboxylic acids is 1. The van der Waals surface area contributed by atoms with E-state index in [2.05, 4.69) is 26.6 Å².